The van der Waals surface area contributed by atoms with Gasteiger partial charge in [0.05, 0.1) is 23.8 Å². The van der Waals surface area contributed by atoms with Gasteiger partial charge in [0.2, 0.25) is 10.0 Å². The minimum atomic E-state index is -3.65. The molecule has 0 aliphatic heterocycles. The zero-order valence-corrected chi connectivity index (χ0v) is 18.5. The molecule has 150 valence electrons. The maximum absolute atomic E-state index is 12.5. The second-order valence-electron chi connectivity index (χ2n) is 6.41. The van der Waals surface area contributed by atoms with E-state index in [0.717, 1.165) is 26.3 Å². The van der Waals surface area contributed by atoms with Gasteiger partial charge in [0, 0.05) is 18.6 Å². The van der Waals surface area contributed by atoms with Crippen molar-refractivity contribution in [1.82, 2.24) is 5.43 Å². The van der Waals surface area contributed by atoms with Crippen LogP contribution in [0.15, 0.2) is 58.1 Å². The van der Waals surface area contributed by atoms with Crippen LogP contribution in [0.2, 0.25) is 0 Å². The molecule has 0 saturated heterocycles. The fourth-order valence-electron chi connectivity index (χ4n) is 2.61. The van der Waals surface area contributed by atoms with Gasteiger partial charge >= 0.3 is 0 Å². The van der Waals surface area contributed by atoms with Gasteiger partial charge in [-0.25, -0.2) is 13.8 Å². The van der Waals surface area contributed by atoms with Gasteiger partial charge in [-0.3, -0.25) is 9.10 Å². The van der Waals surface area contributed by atoms with Crippen molar-refractivity contribution in [2.24, 2.45) is 5.10 Å². The summed E-state index contributed by atoms with van der Waals surface area (Å²) in [4.78, 5) is 14.4. The van der Waals surface area contributed by atoms with Crippen LogP contribution in [0.4, 0.5) is 11.4 Å². The maximum atomic E-state index is 12.5. The Morgan fingerprint density at radius 3 is 2.36 bits per heavy atom. The zero-order valence-electron chi connectivity index (χ0n) is 16.1. The second-order valence-corrected chi connectivity index (χ2v) is 9.12. The van der Waals surface area contributed by atoms with Gasteiger partial charge in [0.1, 0.15) is 6.04 Å². The number of amides is 1. The van der Waals surface area contributed by atoms with Crippen LogP contribution in [-0.4, -0.2) is 46.9 Å². The number of nitrogens with zero attached hydrogens (tertiary/aromatic N) is 3. The number of hydrazone groups is 1. The summed E-state index contributed by atoms with van der Waals surface area (Å²) < 4.78 is 26.4. The molecule has 1 atom stereocenters. The van der Waals surface area contributed by atoms with Gasteiger partial charge in [-0.2, -0.15) is 5.10 Å². The van der Waals surface area contributed by atoms with Crippen LogP contribution >= 0.6 is 15.9 Å². The highest BCUT2D eigenvalue weighted by Crippen LogP contribution is 2.25. The van der Waals surface area contributed by atoms with Crippen LogP contribution in [0.25, 0.3) is 0 Å². The molecule has 0 aliphatic rings. The summed E-state index contributed by atoms with van der Waals surface area (Å²) >= 11 is 3.49. The van der Waals surface area contributed by atoms with E-state index in [4.69, 9.17) is 0 Å². The van der Waals surface area contributed by atoms with E-state index in [9.17, 15) is 13.2 Å². The highest BCUT2D eigenvalue weighted by Gasteiger charge is 2.28. The normalized spacial score (nSPS) is 12.6. The number of benzene rings is 2. The van der Waals surface area contributed by atoms with Gasteiger partial charge < -0.3 is 4.90 Å². The first kappa shape index (κ1) is 21.9. The minimum absolute atomic E-state index is 0.417. The molecular formula is C19H23BrN4O3S. The van der Waals surface area contributed by atoms with Gasteiger partial charge in [-0.15, -0.1) is 0 Å². The second kappa shape index (κ2) is 9.20. The summed E-state index contributed by atoms with van der Waals surface area (Å²) in [6, 6.07) is 13.2. The van der Waals surface area contributed by atoms with Gasteiger partial charge in [-0.05, 0) is 52.7 Å². The van der Waals surface area contributed by atoms with E-state index < -0.39 is 22.0 Å². The van der Waals surface area contributed by atoms with Crippen LogP contribution in [0, 0.1) is 0 Å². The average Bonchev–Trinajstić information content (AvgIpc) is 2.61. The molecule has 9 heteroatoms. The fourth-order valence-corrected chi connectivity index (χ4v) is 4.54. The Kier molecular flexibility index (Phi) is 7.20. The Balaban J connectivity index is 2.13. The minimum Gasteiger partial charge on any atom is -0.377 e. The van der Waals surface area contributed by atoms with Crippen molar-refractivity contribution in [3.8, 4) is 0 Å². The fraction of sp³-hybridized carbons (Fsp3) is 0.263. The molecule has 2 aromatic carbocycles. The molecule has 2 rings (SSSR count). The van der Waals surface area contributed by atoms with E-state index in [0.29, 0.717) is 5.69 Å². The van der Waals surface area contributed by atoms with E-state index in [-0.39, 0.29) is 0 Å². The lowest BCUT2D eigenvalue weighted by molar-refractivity contribution is -0.121. The van der Waals surface area contributed by atoms with Crippen LogP contribution in [0.3, 0.4) is 0 Å². The number of para-hydroxylation sites is 1. The summed E-state index contributed by atoms with van der Waals surface area (Å²) in [5.41, 5.74) is 4.63. The van der Waals surface area contributed by atoms with Crippen LogP contribution in [-0.2, 0) is 14.8 Å². The Labute approximate surface area is 174 Å². The summed E-state index contributed by atoms with van der Waals surface area (Å²) in [5.74, 6) is -0.533. The quantitative estimate of drug-likeness (QED) is 0.502. The molecule has 1 N–H and O–H groups in total. The molecule has 0 bridgehead atoms. The van der Waals surface area contributed by atoms with E-state index >= 15 is 0 Å². The van der Waals surface area contributed by atoms with E-state index in [2.05, 4.69) is 26.5 Å². The monoisotopic (exact) mass is 466 g/mol. The summed E-state index contributed by atoms with van der Waals surface area (Å²) in [7, 11) is 0.232. The molecule has 0 unspecified atom stereocenters. The number of hydrogen-bond acceptors (Lipinski definition) is 5. The Hall–Kier alpha value is -2.39. The first-order valence-corrected chi connectivity index (χ1v) is 11.1. The highest BCUT2D eigenvalue weighted by atomic mass is 79.9. The van der Waals surface area contributed by atoms with Crippen LogP contribution < -0.4 is 14.6 Å². The third kappa shape index (κ3) is 5.56. The van der Waals surface area contributed by atoms with Crippen molar-refractivity contribution in [2.75, 3.05) is 29.6 Å². The smallest absolute Gasteiger partial charge is 0.263 e. The predicted molar refractivity (Wildman–Crippen MR) is 117 cm³/mol. The number of sulfonamides is 1. The first-order chi connectivity index (χ1) is 13.1. The maximum Gasteiger partial charge on any atom is 0.263 e. The number of carbonyl (C=O) groups is 1. The number of rotatable bonds is 7. The molecular weight excluding hydrogens is 444 g/mol. The van der Waals surface area contributed by atoms with Gasteiger partial charge in [0.15, 0.2) is 0 Å². The number of anilines is 2. The lowest BCUT2D eigenvalue weighted by Gasteiger charge is -2.27. The summed E-state index contributed by atoms with van der Waals surface area (Å²) in [6.45, 7) is 1.52. The molecule has 0 heterocycles. The molecule has 7 nitrogen and oxygen atoms in total. The highest BCUT2D eigenvalue weighted by molar-refractivity contribution is 9.10. The third-order valence-corrected chi connectivity index (χ3v) is 5.82. The van der Waals surface area contributed by atoms with Crippen molar-refractivity contribution < 1.29 is 13.2 Å². The van der Waals surface area contributed by atoms with Crippen molar-refractivity contribution in [1.29, 1.82) is 0 Å². The number of nitrogens with one attached hydrogen (secondary N) is 1. The van der Waals surface area contributed by atoms with Crippen molar-refractivity contribution in [3.63, 3.8) is 0 Å². The standard InChI is InChI=1S/C19H23BrN4O3S/c1-14(24(28(4,26)27)16-8-6-5-7-9-16)19(25)22-21-13-15-10-11-18(23(2)3)17(20)12-15/h5-14H,1-4H3,(H,22,25)/t14-/m1/s1. The molecule has 0 aromatic heterocycles. The summed E-state index contributed by atoms with van der Waals surface area (Å²) in [5, 5.41) is 3.96. The molecule has 0 aliphatic carbocycles. The largest absolute Gasteiger partial charge is 0.377 e. The van der Waals surface area contributed by atoms with Crippen molar-refractivity contribution in [3.05, 3.63) is 58.6 Å². The third-order valence-electron chi connectivity index (χ3n) is 3.94. The SMILES string of the molecule is C[C@H](C(=O)NN=Cc1ccc(N(C)C)c(Br)c1)N(c1ccccc1)S(C)(=O)=O. The molecule has 2 aromatic rings. The number of carbonyl (C=O) groups excluding carboxylic acids is 1. The molecule has 0 saturated carbocycles. The van der Waals surface area contributed by atoms with Crippen molar-refractivity contribution in [2.45, 2.75) is 13.0 Å². The van der Waals surface area contributed by atoms with E-state index in [1.54, 1.807) is 30.3 Å². The predicted octanol–water partition coefficient (Wildman–Crippen LogP) is 2.82. The number of halogens is 1. The summed E-state index contributed by atoms with van der Waals surface area (Å²) in [6.07, 6.45) is 2.57. The van der Waals surface area contributed by atoms with Crippen LogP contribution in [0.5, 0.6) is 0 Å². The Bertz CT molecular complexity index is 962. The lowest BCUT2D eigenvalue weighted by atomic mass is 10.2. The first-order valence-electron chi connectivity index (χ1n) is 8.45. The average molecular weight is 467 g/mol. The Morgan fingerprint density at radius 1 is 1.18 bits per heavy atom. The molecule has 0 fully saturated rings. The van der Waals surface area contributed by atoms with E-state index in [1.165, 1.54) is 13.1 Å². The molecule has 0 spiro atoms. The van der Waals surface area contributed by atoms with Gasteiger partial charge in [-0.1, -0.05) is 24.3 Å². The van der Waals surface area contributed by atoms with Crippen LogP contribution in [0.1, 0.15) is 12.5 Å². The zero-order chi connectivity index (χ0) is 20.9. The topological polar surface area (TPSA) is 82.1 Å². The van der Waals surface area contributed by atoms with Gasteiger partial charge in [0.25, 0.3) is 5.91 Å². The molecule has 0 radical (unpaired) electrons. The lowest BCUT2D eigenvalue weighted by Crippen LogP contribution is -2.46. The van der Waals surface area contributed by atoms with Crippen molar-refractivity contribution >= 4 is 49.4 Å². The molecule has 28 heavy (non-hydrogen) atoms. The molecule has 1 amide bonds. The van der Waals surface area contributed by atoms with E-state index in [1.807, 2.05) is 37.2 Å². The Morgan fingerprint density at radius 2 is 1.82 bits per heavy atom. The number of hydrogen-bond donors (Lipinski definition) is 1.